The molecule has 2 fully saturated rings. The lowest BCUT2D eigenvalue weighted by atomic mass is 9.83. The number of carbonyl (C=O) groups is 2. The van der Waals surface area contributed by atoms with Gasteiger partial charge in [0.05, 0.1) is 5.92 Å². The number of nitrogens with zero attached hydrogens (tertiary/aromatic N) is 1. The predicted octanol–water partition coefficient (Wildman–Crippen LogP) is 3.70. The summed E-state index contributed by atoms with van der Waals surface area (Å²) in [7, 11) is 0. The molecule has 0 bridgehead atoms. The van der Waals surface area contributed by atoms with Crippen molar-refractivity contribution in [2.75, 3.05) is 13.1 Å². The molecule has 5 nitrogen and oxygen atoms in total. The van der Waals surface area contributed by atoms with E-state index in [1.807, 2.05) is 20.8 Å². The van der Waals surface area contributed by atoms with Gasteiger partial charge in [0.1, 0.15) is 17.0 Å². The molecule has 1 aromatic rings. The molecular formula is C20H26FNO4. The number of rotatable bonds is 2. The van der Waals surface area contributed by atoms with E-state index in [4.69, 9.17) is 9.47 Å². The van der Waals surface area contributed by atoms with Crippen LogP contribution < -0.4 is 0 Å². The smallest absolute Gasteiger partial charge is 0.410 e. The second kappa shape index (κ2) is 6.89. The standard InChI is InChI=1S/C20H26FNO4/c1-19(2,3)26-18(24)22-10-8-20(9-11-22)13-15(17(23)25-20)12-14-4-6-16(21)7-5-14/h4-7,15H,8-13H2,1-3H3. The van der Waals surface area contributed by atoms with Crippen LogP contribution in [0.5, 0.6) is 0 Å². The van der Waals surface area contributed by atoms with E-state index < -0.39 is 11.2 Å². The van der Waals surface area contributed by atoms with Crippen molar-refractivity contribution in [3.8, 4) is 0 Å². The van der Waals surface area contributed by atoms with Gasteiger partial charge in [-0.1, -0.05) is 12.1 Å². The van der Waals surface area contributed by atoms with Crippen molar-refractivity contribution in [2.24, 2.45) is 5.92 Å². The minimum absolute atomic E-state index is 0.194. The first kappa shape index (κ1) is 18.7. The number of piperidine rings is 1. The number of hydrogen-bond donors (Lipinski definition) is 0. The summed E-state index contributed by atoms with van der Waals surface area (Å²) in [5.41, 5.74) is -0.0800. The average molecular weight is 363 g/mol. The maximum atomic E-state index is 13.0. The van der Waals surface area contributed by atoms with Crippen LogP contribution in [0, 0.1) is 11.7 Å². The number of carbonyl (C=O) groups excluding carboxylic acids is 2. The zero-order chi connectivity index (χ0) is 18.9. The highest BCUT2D eigenvalue weighted by atomic mass is 19.1. The minimum atomic E-state index is -0.522. The molecular weight excluding hydrogens is 337 g/mol. The van der Waals surface area contributed by atoms with Crippen molar-refractivity contribution in [3.63, 3.8) is 0 Å². The van der Waals surface area contributed by atoms with Gasteiger partial charge in [-0.25, -0.2) is 9.18 Å². The largest absolute Gasteiger partial charge is 0.459 e. The van der Waals surface area contributed by atoms with E-state index in [1.165, 1.54) is 12.1 Å². The minimum Gasteiger partial charge on any atom is -0.459 e. The molecule has 0 aromatic heterocycles. The number of benzene rings is 1. The fourth-order valence-electron chi connectivity index (χ4n) is 3.66. The summed E-state index contributed by atoms with van der Waals surface area (Å²) in [5, 5.41) is 0. The SMILES string of the molecule is CC(C)(C)OC(=O)N1CCC2(CC1)CC(Cc1ccc(F)cc1)C(=O)O2. The molecule has 26 heavy (non-hydrogen) atoms. The lowest BCUT2D eigenvalue weighted by molar-refractivity contribution is -0.153. The summed E-state index contributed by atoms with van der Waals surface area (Å²) in [6.07, 6.45) is 2.12. The summed E-state index contributed by atoms with van der Waals surface area (Å²) in [6.45, 7) is 6.57. The van der Waals surface area contributed by atoms with E-state index in [0.717, 1.165) is 5.56 Å². The van der Waals surface area contributed by atoms with E-state index in [1.54, 1.807) is 17.0 Å². The van der Waals surface area contributed by atoms with Crippen LogP contribution in [0.1, 0.15) is 45.6 Å². The number of ether oxygens (including phenoxy) is 2. The number of likely N-dealkylation sites (tertiary alicyclic amines) is 1. The third-order valence-electron chi connectivity index (χ3n) is 4.99. The van der Waals surface area contributed by atoms with Crippen molar-refractivity contribution < 1.29 is 23.5 Å². The van der Waals surface area contributed by atoms with Crippen LogP contribution >= 0.6 is 0 Å². The molecule has 1 spiro atoms. The fraction of sp³-hybridized carbons (Fsp3) is 0.600. The molecule has 0 aliphatic carbocycles. The normalized spacial score (nSPS) is 22.4. The first-order valence-electron chi connectivity index (χ1n) is 9.11. The van der Waals surface area contributed by atoms with Crippen LogP contribution in [0.25, 0.3) is 0 Å². The highest BCUT2D eigenvalue weighted by molar-refractivity contribution is 5.76. The number of esters is 1. The molecule has 2 aliphatic rings. The monoisotopic (exact) mass is 363 g/mol. The van der Waals surface area contributed by atoms with Gasteiger partial charge in [-0.3, -0.25) is 4.79 Å². The molecule has 2 aliphatic heterocycles. The molecule has 1 unspecified atom stereocenters. The zero-order valence-electron chi connectivity index (χ0n) is 15.6. The Morgan fingerprint density at radius 1 is 1.27 bits per heavy atom. The second-order valence-corrected chi connectivity index (χ2v) is 8.30. The Hall–Kier alpha value is -2.11. The number of hydrogen-bond acceptors (Lipinski definition) is 4. The molecule has 0 N–H and O–H groups in total. The third-order valence-corrected chi connectivity index (χ3v) is 4.99. The van der Waals surface area contributed by atoms with E-state index in [0.29, 0.717) is 38.8 Å². The molecule has 142 valence electrons. The summed E-state index contributed by atoms with van der Waals surface area (Å²) in [4.78, 5) is 26.2. The highest BCUT2D eigenvalue weighted by Crippen LogP contribution is 2.40. The lowest BCUT2D eigenvalue weighted by Crippen LogP contribution is -2.48. The van der Waals surface area contributed by atoms with Crippen LogP contribution in [-0.2, 0) is 20.7 Å². The predicted molar refractivity (Wildman–Crippen MR) is 94.1 cm³/mol. The van der Waals surface area contributed by atoms with Gasteiger partial charge >= 0.3 is 12.1 Å². The van der Waals surface area contributed by atoms with Crippen molar-refractivity contribution in [2.45, 2.75) is 57.7 Å². The van der Waals surface area contributed by atoms with Gasteiger partial charge in [0, 0.05) is 32.4 Å². The molecule has 2 saturated heterocycles. The lowest BCUT2D eigenvalue weighted by Gasteiger charge is -2.38. The van der Waals surface area contributed by atoms with Crippen molar-refractivity contribution >= 4 is 12.1 Å². The first-order valence-corrected chi connectivity index (χ1v) is 9.11. The van der Waals surface area contributed by atoms with Gasteiger partial charge in [0.15, 0.2) is 0 Å². The average Bonchev–Trinajstić information content (AvgIpc) is 2.84. The van der Waals surface area contributed by atoms with E-state index in [9.17, 15) is 14.0 Å². The van der Waals surface area contributed by atoms with Crippen molar-refractivity contribution in [1.29, 1.82) is 0 Å². The summed E-state index contributed by atoms with van der Waals surface area (Å²) < 4.78 is 24.2. The van der Waals surface area contributed by atoms with E-state index in [-0.39, 0.29) is 23.8 Å². The Balaban J connectivity index is 1.57. The Bertz CT molecular complexity index is 672. The quantitative estimate of drug-likeness (QED) is 0.752. The summed E-state index contributed by atoms with van der Waals surface area (Å²) in [5.74, 6) is -0.692. The summed E-state index contributed by atoms with van der Waals surface area (Å²) >= 11 is 0. The van der Waals surface area contributed by atoms with Gasteiger partial charge in [-0.2, -0.15) is 0 Å². The third kappa shape index (κ3) is 4.34. The maximum absolute atomic E-state index is 13.0. The molecule has 1 atom stereocenters. The Kier molecular flexibility index (Phi) is 4.95. The number of amides is 1. The first-order chi connectivity index (χ1) is 12.2. The van der Waals surface area contributed by atoms with E-state index in [2.05, 4.69) is 0 Å². The Morgan fingerprint density at radius 2 is 1.88 bits per heavy atom. The molecule has 0 radical (unpaired) electrons. The molecule has 0 saturated carbocycles. The van der Waals surface area contributed by atoms with Crippen LogP contribution in [0.15, 0.2) is 24.3 Å². The van der Waals surface area contributed by atoms with Crippen molar-refractivity contribution in [1.82, 2.24) is 4.90 Å². The summed E-state index contributed by atoms with van der Waals surface area (Å²) in [6, 6.07) is 6.23. The van der Waals surface area contributed by atoms with Crippen LogP contribution in [0.4, 0.5) is 9.18 Å². The molecule has 1 aromatic carbocycles. The number of halogens is 1. The van der Waals surface area contributed by atoms with Gasteiger partial charge in [-0.15, -0.1) is 0 Å². The van der Waals surface area contributed by atoms with Crippen molar-refractivity contribution in [3.05, 3.63) is 35.6 Å². The van der Waals surface area contributed by atoms with Crippen LogP contribution in [-0.4, -0.2) is 41.3 Å². The van der Waals surface area contributed by atoms with Gasteiger partial charge in [-0.05, 0) is 44.9 Å². The van der Waals surface area contributed by atoms with Gasteiger partial charge in [0.2, 0.25) is 0 Å². The van der Waals surface area contributed by atoms with Crippen LogP contribution in [0.3, 0.4) is 0 Å². The van der Waals surface area contributed by atoms with Gasteiger partial charge < -0.3 is 14.4 Å². The molecule has 2 heterocycles. The maximum Gasteiger partial charge on any atom is 0.410 e. The van der Waals surface area contributed by atoms with Crippen LogP contribution in [0.2, 0.25) is 0 Å². The van der Waals surface area contributed by atoms with E-state index >= 15 is 0 Å². The van der Waals surface area contributed by atoms with Gasteiger partial charge in [0.25, 0.3) is 0 Å². The Morgan fingerprint density at radius 3 is 2.46 bits per heavy atom. The molecule has 6 heteroatoms. The highest BCUT2D eigenvalue weighted by Gasteiger charge is 2.48. The second-order valence-electron chi connectivity index (χ2n) is 8.30. The molecule has 3 rings (SSSR count). The Labute approximate surface area is 153 Å². The molecule has 1 amide bonds. The fourth-order valence-corrected chi connectivity index (χ4v) is 3.66. The zero-order valence-corrected chi connectivity index (χ0v) is 15.6. The topological polar surface area (TPSA) is 55.8 Å².